The summed E-state index contributed by atoms with van der Waals surface area (Å²) in [5.74, 6) is 0. The van der Waals surface area contributed by atoms with Gasteiger partial charge >= 0.3 is 0 Å². The summed E-state index contributed by atoms with van der Waals surface area (Å²) >= 11 is 0. The molecule has 4 rings (SSSR count). The summed E-state index contributed by atoms with van der Waals surface area (Å²) in [6.45, 7) is 1.84. The molecule has 0 bridgehead atoms. The van der Waals surface area contributed by atoms with E-state index in [1.807, 2.05) is 43.3 Å². The van der Waals surface area contributed by atoms with Crippen molar-refractivity contribution in [3.05, 3.63) is 64.7 Å². The maximum atomic E-state index is 12.3. The molecule has 0 aliphatic rings. The summed E-state index contributed by atoms with van der Waals surface area (Å²) in [6, 6.07) is 11.8. The predicted molar refractivity (Wildman–Crippen MR) is 84.4 cm³/mol. The summed E-state index contributed by atoms with van der Waals surface area (Å²) in [5.41, 5.74) is 5.30. The summed E-state index contributed by atoms with van der Waals surface area (Å²) in [6.07, 6.45) is 3.52. The highest BCUT2D eigenvalue weighted by Gasteiger charge is 2.15. The van der Waals surface area contributed by atoms with Gasteiger partial charge in [0.1, 0.15) is 0 Å². The lowest BCUT2D eigenvalue weighted by atomic mass is 10.0. The lowest BCUT2D eigenvalue weighted by Gasteiger charge is -2.06. The van der Waals surface area contributed by atoms with E-state index in [9.17, 15) is 4.79 Å². The minimum absolute atomic E-state index is 0.0638. The van der Waals surface area contributed by atoms with Crippen LogP contribution in [0.15, 0.2) is 53.6 Å². The van der Waals surface area contributed by atoms with Gasteiger partial charge in [-0.2, -0.15) is 0 Å². The Hall–Kier alpha value is -2.88. The maximum Gasteiger partial charge on any atom is 0.252 e. The van der Waals surface area contributed by atoms with Gasteiger partial charge in [-0.25, -0.2) is 0 Å². The minimum atomic E-state index is -0.0638. The van der Waals surface area contributed by atoms with Crippen molar-refractivity contribution in [2.24, 2.45) is 0 Å². The molecule has 0 atom stereocenters. The Morgan fingerprint density at radius 3 is 2.67 bits per heavy atom. The number of hydrogen-bond acceptors (Lipinski definition) is 2. The fraction of sp³-hybridized carbons (Fsp3) is 0.0588. The highest BCUT2D eigenvalue weighted by molar-refractivity contribution is 6.10. The van der Waals surface area contributed by atoms with Crippen molar-refractivity contribution in [3.63, 3.8) is 0 Å². The second kappa shape index (κ2) is 4.31. The molecule has 0 radical (unpaired) electrons. The van der Waals surface area contributed by atoms with Gasteiger partial charge < -0.3 is 9.97 Å². The van der Waals surface area contributed by atoms with Crippen LogP contribution < -0.4 is 5.56 Å². The average Bonchev–Trinajstić information content (AvgIpc) is 2.87. The topological polar surface area (TPSA) is 61.5 Å². The molecule has 0 fully saturated rings. The second-order valence-electron chi connectivity index (χ2n) is 5.12. The van der Waals surface area contributed by atoms with Crippen LogP contribution in [0.2, 0.25) is 0 Å². The van der Waals surface area contributed by atoms with E-state index in [1.165, 1.54) is 0 Å². The fourth-order valence-corrected chi connectivity index (χ4v) is 2.84. The normalized spacial score (nSPS) is 11.3. The molecular formula is C17H13N3O. The third kappa shape index (κ3) is 1.69. The first kappa shape index (κ1) is 11.9. The van der Waals surface area contributed by atoms with Gasteiger partial charge in [0, 0.05) is 40.0 Å². The molecule has 0 unspecified atom stereocenters. The van der Waals surface area contributed by atoms with Crippen molar-refractivity contribution in [1.82, 2.24) is 15.0 Å². The number of aromatic amines is 2. The van der Waals surface area contributed by atoms with Gasteiger partial charge in [0.15, 0.2) is 0 Å². The van der Waals surface area contributed by atoms with E-state index in [1.54, 1.807) is 12.4 Å². The van der Waals surface area contributed by atoms with E-state index in [-0.39, 0.29) is 5.56 Å². The van der Waals surface area contributed by atoms with Crippen LogP contribution in [0.4, 0.5) is 0 Å². The van der Waals surface area contributed by atoms with Gasteiger partial charge in [-0.05, 0) is 19.1 Å². The number of nitrogens with one attached hydrogen (secondary N) is 2. The molecule has 0 aliphatic carbocycles. The Balaban J connectivity index is 2.24. The van der Waals surface area contributed by atoms with Crippen LogP contribution in [0.5, 0.6) is 0 Å². The van der Waals surface area contributed by atoms with Crippen LogP contribution in [0.1, 0.15) is 5.56 Å². The average molecular weight is 275 g/mol. The predicted octanol–water partition coefficient (Wildman–Crippen LogP) is 3.38. The van der Waals surface area contributed by atoms with E-state index in [2.05, 4.69) is 15.0 Å². The van der Waals surface area contributed by atoms with Crippen molar-refractivity contribution in [1.29, 1.82) is 0 Å². The zero-order valence-corrected chi connectivity index (χ0v) is 11.5. The number of hydrogen-bond donors (Lipinski definition) is 2. The van der Waals surface area contributed by atoms with Crippen molar-refractivity contribution >= 4 is 21.9 Å². The van der Waals surface area contributed by atoms with Gasteiger partial charge in [-0.1, -0.05) is 24.3 Å². The number of H-pyrrole nitrogens is 2. The van der Waals surface area contributed by atoms with Gasteiger partial charge in [-0.3, -0.25) is 9.78 Å². The fourth-order valence-electron chi connectivity index (χ4n) is 2.84. The second-order valence-corrected chi connectivity index (χ2v) is 5.12. The summed E-state index contributed by atoms with van der Waals surface area (Å²) in [7, 11) is 0. The van der Waals surface area contributed by atoms with E-state index >= 15 is 0 Å². The van der Waals surface area contributed by atoms with Crippen LogP contribution in [-0.4, -0.2) is 15.0 Å². The van der Waals surface area contributed by atoms with Crippen molar-refractivity contribution in [2.45, 2.75) is 6.92 Å². The molecule has 2 N–H and O–H groups in total. The Morgan fingerprint density at radius 1 is 1.00 bits per heavy atom. The Kier molecular flexibility index (Phi) is 2.44. The molecular weight excluding hydrogens is 262 g/mol. The smallest absolute Gasteiger partial charge is 0.252 e. The Morgan fingerprint density at radius 2 is 1.86 bits per heavy atom. The molecule has 0 spiro atoms. The number of para-hydroxylation sites is 1. The standard InChI is InChI=1S/C17H13N3O/c1-10-14(11-5-4-8-18-9-11)16-15(20-17(10)21)12-6-2-3-7-13(12)19-16/h2-9,19H,1H3,(H,20,21). The summed E-state index contributed by atoms with van der Waals surface area (Å²) in [4.78, 5) is 22.8. The highest BCUT2D eigenvalue weighted by Crippen LogP contribution is 2.32. The molecule has 3 heterocycles. The summed E-state index contributed by atoms with van der Waals surface area (Å²) in [5, 5.41) is 1.02. The molecule has 21 heavy (non-hydrogen) atoms. The zero-order chi connectivity index (χ0) is 14.4. The SMILES string of the molecule is Cc1c(-c2cccnc2)c2[nH]c3ccccc3c2[nH]c1=O. The first-order valence-electron chi connectivity index (χ1n) is 6.79. The van der Waals surface area contributed by atoms with E-state index in [4.69, 9.17) is 0 Å². The Labute approximate surface area is 120 Å². The third-order valence-corrected chi connectivity index (χ3v) is 3.86. The lowest BCUT2D eigenvalue weighted by Crippen LogP contribution is -2.10. The molecule has 3 aromatic heterocycles. The van der Waals surface area contributed by atoms with Crippen LogP contribution >= 0.6 is 0 Å². The number of pyridine rings is 2. The number of nitrogens with zero attached hydrogens (tertiary/aromatic N) is 1. The first-order chi connectivity index (χ1) is 10.3. The monoisotopic (exact) mass is 275 g/mol. The van der Waals surface area contributed by atoms with E-state index in [0.29, 0.717) is 5.56 Å². The van der Waals surface area contributed by atoms with Crippen molar-refractivity contribution < 1.29 is 0 Å². The molecule has 4 aromatic rings. The largest absolute Gasteiger partial charge is 0.353 e. The number of fused-ring (bicyclic) bond motifs is 3. The van der Waals surface area contributed by atoms with Crippen molar-refractivity contribution in [3.8, 4) is 11.1 Å². The quantitative estimate of drug-likeness (QED) is 0.559. The zero-order valence-electron chi connectivity index (χ0n) is 11.5. The number of rotatable bonds is 1. The molecule has 0 saturated carbocycles. The maximum absolute atomic E-state index is 12.3. The van der Waals surface area contributed by atoms with Crippen LogP contribution in [0.3, 0.4) is 0 Å². The number of benzene rings is 1. The van der Waals surface area contributed by atoms with E-state index in [0.717, 1.165) is 33.1 Å². The van der Waals surface area contributed by atoms with Gasteiger partial charge in [0.2, 0.25) is 0 Å². The molecule has 4 nitrogen and oxygen atoms in total. The van der Waals surface area contributed by atoms with Crippen molar-refractivity contribution in [2.75, 3.05) is 0 Å². The third-order valence-electron chi connectivity index (χ3n) is 3.86. The van der Waals surface area contributed by atoms with E-state index < -0.39 is 0 Å². The van der Waals surface area contributed by atoms with Gasteiger partial charge in [0.25, 0.3) is 5.56 Å². The summed E-state index contributed by atoms with van der Waals surface area (Å²) < 4.78 is 0. The molecule has 0 amide bonds. The van der Waals surface area contributed by atoms with Gasteiger partial charge in [-0.15, -0.1) is 0 Å². The number of aromatic nitrogens is 3. The highest BCUT2D eigenvalue weighted by atomic mass is 16.1. The van der Waals surface area contributed by atoms with Crippen LogP contribution in [0, 0.1) is 6.92 Å². The van der Waals surface area contributed by atoms with Crippen LogP contribution in [-0.2, 0) is 0 Å². The molecule has 102 valence electrons. The molecule has 0 saturated heterocycles. The minimum Gasteiger partial charge on any atom is -0.353 e. The molecule has 0 aliphatic heterocycles. The first-order valence-corrected chi connectivity index (χ1v) is 6.79. The Bertz CT molecular complexity index is 1010. The lowest BCUT2D eigenvalue weighted by molar-refractivity contribution is 1.23. The van der Waals surface area contributed by atoms with Crippen LogP contribution in [0.25, 0.3) is 33.1 Å². The molecule has 1 aromatic carbocycles. The molecule has 4 heteroatoms. The van der Waals surface area contributed by atoms with Gasteiger partial charge in [0.05, 0.1) is 11.0 Å².